The van der Waals surface area contributed by atoms with Crippen molar-refractivity contribution in [1.82, 2.24) is 15.5 Å². The molecule has 1 amide bonds. The quantitative estimate of drug-likeness (QED) is 0.825. The fourth-order valence-electron chi connectivity index (χ4n) is 3.06. The first-order chi connectivity index (χ1) is 9.10. The highest BCUT2D eigenvalue weighted by atomic mass is 35.5. The van der Waals surface area contributed by atoms with E-state index in [-0.39, 0.29) is 36.3 Å². The van der Waals surface area contributed by atoms with E-state index in [1.54, 1.807) is 0 Å². The first-order valence-electron chi connectivity index (χ1n) is 7.86. The van der Waals surface area contributed by atoms with Crippen molar-refractivity contribution in [2.45, 2.75) is 51.5 Å². The van der Waals surface area contributed by atoms with Crippen molar-refractivity contribution < 1.29 is 4.79 Å². The third kappa shape index (κ3) is 6.31. The van der Waals surface area contributed by atoms with E-state index in [0.717, 1.165) is 38.4 Å². The van der Waals surface area contributed by atoms with Crippen molar-refractivity contribution in [3.05, 3.63) is 0 Å². The van der Waals surface area contributed by atoms with Crippen LogP contribution >= 0.6 is 24.8 Å². The average molecular weight is 340 g/mol. The molecule has 0 spiro atoms. The minimum atomic E-state index is -0.339. The lowest BCUT2D eigenvalue weighted by molar-refractivity contribution is -0.128. The van der Waals surface area contributed by atoms with Crippen LogP contribution in [0.3, 0.4) is 0 Å². The number of amides is 1. The number of halogens is 2. The molecule has 126 valence electrons. The zero-order valence-electron chi connectivity index (χ0n) is 13.3. The van der Waals surface area contributed by atoms with E-state index in [4.69, 9.17) is 0 Å². The second kappa shape index (κ2) is 9.88. The zero-order chi connectivity index (χ0) is 13.7. The van der Waals surface area contributed by atoms with Crippen LogP contribution in [0.1, 0.15) is 46.0 Å². The molecule has 2 aliphatic rings. The maximum Gasteiger partial charge on any atom is 0.240 e. The molecule has 2 fully saturated rings. The Kier molecular flexibility index (Phi) is 9.87. The lowest BCUT2D eigenvalue weighted by Crippen LogP contribution is -2.57. The van der Waals surface area contributed by atoms with Gasteiger partial charge in [0.05, 0.1) is 5.54 Å². The molecule has 4 nitrogen and oxygen atoms in total. The minimum absolute atomic E-state index is 0. The van der Waals surface area contributed by atoms with Gasteiger partial charge in [-0.1, -0.05) is 6.92 Å². The van der Waals surface area contributed by atoms with Gasteiger partial charge in [-0.2, -0.15) is 0 Å². The monoisotopic (exact) mass is 339 g/mol. The van der Waals surface area contributed by atoms with Crippen LogP contribution in [0.15, 0.2) is 0 Å². The Labute approximate surface area is 141 Å². The maximum absolute atomic E-state index is 12.2. The van der Waals surface area contributed by atoms with Gasteiger partial charge < -0.3 is 15.5 Å². The fourth-order valence-corrected chi connectivity index (χ4v) is 3.06. The highest BCUT2D eigenvalue weighted by molar-refractivity contribution is 5.86. The number of carbonyl (C=O) groups is 1. The largest absolute Gasteiger partial charge is 0.353 e. The van der Waals surface area contributed by atoms with Crippen LogP contribution in [0, 0.1) is 5.92 Å². The molecule has 2 aliphatic heterocycles. The number of hydrogen-bond donors (Lipinski definition) is 2. The van der Waals surface area contributed by atoms with Crippen molar-refractivity contribution in [3.63, 3.8) is 0 Å². The number of nitrogens with one attached hydrogen (secondary N) is 2. The first-order valence-corrected chi connectivity index (χ1v) is 7.86. The summed E-state index contributed by atoms with van der Waals surface area (Å²) < 4.78 is 0. The summed E-state index contributed by atoms with van der Waals surface area (Å²) in [5.74, 6) is 1.05. The highest BCUT2D eigenvalue weighted by Crippen LogP contribution is 2.19. The summed E-state index contributed by atoms with van der Waals surface area (Å²) in [6.45, 7) is 9.48. The summed E-state index contributed by atoms with van der Waals surface area (Å²) in [6, 6.07) is 0. The molecule has 1 unspecified atom stereocenters. The topological polar surface area (TPSA) is 44.4 Å². The molecule has 2 saturated heterocycles. The van der Waals surface area contributed by atoms with Crippen LogP contribution in [0.25, 0.3) is 0 Å². The van der Waals surface area contributed by atoms with Gasteiger partial charge in [0.2, 0.25) is 5.91 Å². The van der Waals surface area contributed by atoms with Crippen molar-refractivity contribution in [2.75, 3.05) is 32.7 Å². The molecule has 6 heteroatoms. The van der Waals surface area contributed by atoms with E-state index in [0.29, 0.717) is 0 Å². The van der Waals surface area contributed by atoms with E-state index < -0.39 is 0 Å². The summed E-state index contributed by atoms with van der Waals surface area (Å²) in [5.41, 5.74) is -0.339. The molecular weight excluding hydrogens is 309 g/mol. The van der Waals surface area contributed by atoms with Gasteiger partial charge in [-0.3, -0.25) is 4.79 Å². The molecule has 2 heterocycles. The van der Waals surface area contributed by atoms with E-state index in [9.17, 15) is 4.79 Å². The van der Waals surface area contributed by atoms with Gasteiger partial charge in [0, 0.05) is 13.1 Å². The molecule has 0 radical (unpaired) electrons. The minimum Gasteiger partial charge on any atom is -0.353 e. The number of rotatable bonds is 4. The molecule has 0 saturated carbocycles. The summed E-state index contributed by atoms with van der Waals surface area (Å²) in [6.07, 6.45) is 5.90. The number of hydrogen-bond acceptors (Lipinski definition) is 3. The Morgan fingerprint density at radius 2 is 1.95 bits per heavy atom. The zero-order valence-corrected chi connectivity index (χ0v) is 15.0. The lowest BCUT2D eigenvalue weighted by Gasteiger charge is -2.34. The maximum atomic E-state index is 12.2. The van der Waals surface area contributed by atoms with Crippen LogP contribution in [-0.2, 0) is 4.79 Å². The highest BCUT2D eigenvalue weighted by Gasteiger charge is 2.33. The van der Waals surface area contributed by atoms with E-state index >= 15 is 0 Å². The molecule has 0 bridgehead atoms. The summed E-state index contributed by atoms with van der Waals surface area (Å²) >= 11 is 0. The van der Waals surface area contributed by atoms with Gasteiger partial charge >= 0.3 is 0 Å². The number of nitrogens with zero attached hydrogens (tertiary/aromatic N) is 1. The number of piperidine rings is 2. The summed E-state index contributed by atoms with van der Waals surface area (Å²) in [7, 11) is 0. The molecule has 0 aromatic carbocycles. The van der Waals surface area contributed by atoms with Crippen LogP contribution in [0.5, 0.6) is 0 Å². The summed E-state index contributed by atoms with van der Waals surface area (Å²) in [5, 5.41) is 6.47. The standard InChI is InChI=1S/C15H29N3O.2ClH/c1-13-5-10-18(11-6-13)12-9-16-14(19)15(2)7-3-4-8-17-15;;/h13,17H,3-12H2,1-2H3,(H,16,19);2*1H. The molecule has 2 rings (SSSR count). The second-order valence-electron chi connectivity index (χ2n) is 6.50. The van der Waals surface area contributed by atoms with Crippen LogP contribution < -0.4 is 10.6 Å². The van der Waals surface area contributed by atoms with Gasteiger partial charge in [-0.15, -0.1) is 24.8 Å². The molecule has 0 aromatic heterocycles. The Hall–Kier alpha value is -0.0300. The number of carbonyl (C=O) groups excluding carboxylic acids is 1. The Balaban J connectivity index is 0.00000200. The van der Waals surface area contributed by atoms with Crippen molar-refractivity contribution in [3.8, 4) is 0 Å². The molecule has 0 aromatic rings. The SMILES string of the molecule is CC1CCN(CCNC(=O)C2(C)CCCCN2)CC1.Cl.Cl. The van der Waals surface area contributed by atoms with Crippen molar-refractivity contribution >= 4 is 30.7 Å². The third-order valence-electron chi connectivity index (χ3n) is 4.71. The average Bonchev–Trinajstić information content (AvgIpc) is 2.42. The van der Waals surface area contributed by atoms with Crippen LogP contribution in [0.2, 0.25) is 0 Å². The Morgan fingerprint density at radius 3 is 2.52 bits per heavy atom. The van der Waals surface area contributed by atoms with Crippen molar-refractivity contribution in [1.29, 1.82) is 0 Å². The third-order valence-corrected chi connectivity index (χ3v) is 4.71. The molecule has 2 N–H and O–H groups in total. The van der Waals surface area contributed by atoms with E-state index in [1.165, 1.54) is 32.4 Å². The lowest BCUT2D eigenvalue weighted by atomic mass is 9.90. The van der Waals surface area contributed by atoms with Crippen molar-refractivity contribution in [2.24, 2.45) is 5.92 Å². The van der Waals surface area contributed by atoms with Gasteiger partial charge in [0.15, 0.2) is 0 Å². The van der Waals surface area contributed by atoms with E-state index in [1.807, 2.05) is 6.92 Å². The van der Waals surface area contributed by atoms with E-state index in [2.05, 4.69) is 22.5 Å². The fraction of sp³-hybridized carbons (Fsp3) is 0.933. The molecule has 0 aliphatic carbocycles. The normalized spacial score (nSPS) is 27.3. The predicted octanol–water partition coefficient (Wildman–Crippen LogP) is 2.21. The van der Waals surface area contributed by atoms with Gasteiger partial charge in [0.1, 0.15) is 0 Å². The Morgan fingerprint density at radius 1 is 1.29 bits per heavy atom. The van der Waals surface area contributed by atoms with Gasteiger partial charge in [0.25, 0.3) is 0 Å². The first kappa shape index (κ1) is 21.0. The summed E-state index contributed by atoms with van der Waals surface area (Å²) in [4.78, 5) is 14.7. The predicted molar refractivity (Wildman–Crippen MR) is 92.6 cm³/mol. The van der Waals surface area contributed by atoms with Gasteiger partial charge in [-0.05, 0) is 64.6 Å². The van der Waals surface area contributed by atoms with Crippen LogP contribution in [-0.4, -0.2) is 49.1 Å². The number of likely N-dealkylation sites (tertiary alicyclic amines) is 1. The molecule has 1 atom stereocenters. The molecule has 21 heavy (non-hydrogen) atoms. The smallest absolute Gasteiger partial charge is 0.240 e. The van der Waals surface area contributed by atoms with Gasteiger partial charge in [-0.25, -0.2) is 0 Å². The Bertz CT molecular complexity index is 301. The second-order valence-corrected chi connectivity index (χ2v) is 6.50. The van der Waals surface area contributed by atoms with Crippen LogP contribution in [0.4, 0.5) is 0 Å². The molecular formula is C15H31Cl2N3O.